The first-order valence-corrected chi connectivity index (χ1v) is 7.31. The maximum atomic E-state index is 12.4. The number of rotatable bonds is 4. The van der Waals surface area contributed by atoms with E-state index in [0.29, 0.717) is 22.8 Å². The number of hydrogen-bond acceptors (Lipinski definition) is 7. The minimum absolute atomic E-state index is 0.0233. The summed E-state index contributed by atoms with van der Waals surface area (Å²) in [6.07, 6.45) is 1.38. The predicted molar refractivity (Wildman–Crippen MR) is 84.2 cm³/mol. The molecule has 0 fully saturated rings. The van der Waals surface area contributed by atoms with Crippen molar-refractivity contribution in [2.24, 2.45) is 0 Å². The Morgan fingerprint density at radius 3 is 2.75 bits per heavy atom. The fourth-order valence-electron chi connectivity index (χ4n) is 2.65. The standard InChI is InChI=1S/C15H15N5O4/c1-3-24-14(21)12-9(2)18-15-16-8-17-19(15)13(12)10-4-6-11(7-5-10)20(22)23/h4-8,13H,3H2,1-2H3,(H,16,17,18). The highest BCUT2D eigenvalue weighted by Crippen LogP contribution is 2.35. The van der Waals surface area contributed by atoms with E-state index in [1.807, 2.05) is 0 Å². The minimum atomic E-state index is -0.566. The van der Waals surface area contributed by atoms with Crippen LogP contribution >= 0.6 is 0 Å². The monoisotopic (exact) mass is 329 g/mol. The van der Waals surface area contributed by atoms with Crippen LogP contribution in [-0.2, 0) is 9.53 Å². The molecule has 3 rings (SSSR count). The van der Waals surface area contributed by atoms with Gasteiger partial charge in [-0.25, -0.2) is 9.48 Å². The molecule has 2 heterocycles. The number of ether oxygens (including phenoxy) is 1. The summed E-state index contributed by atoms with van der Waals surface area (Å²) < 4.78 is 6.71. The molecule has 9 heteroatoms. The first-order chi connectivity index (χ1) is 11.5. The molecule has 0 aliphatic carbocycles. The first kappa shape index (κ1) is 15.7. The average Bonchev–Trinajstić information content (AvgIpc) is 3.01. The number of carbonyl (C=O) groups excluding carboxylic acids is 1. The van der Waals surface area contributed by atoms with Crippen molar-refractivity contribution in [3.63, 3.8) is 0 Å². The number of anilines is 1. The molecule has 0 spiro atoms. The highest BCUT2D eigenvalue weighted by atomic mass is 16.6. The molecule has 1 atom stereocenters. The lowest BCUT2D eigenvalue weighted by molar-refractivity contribution is -0.384. The lowest BCUT2D eigenvalue weighted by Crippen LogP contribution is -2.29. The summed E-state index contributed by atoms with van der Waals surface area (Å²) in [4.78, 5) is 26.9. The minimum Gasteiger partial charge on any atom is -0.463 e. The molecule has 0 saturated carbocycles. The summed E-state index contributed by atoms with van der Waals surface area (Å²) in [6.45, 7) is 3.72. The predicted octanol–water partition coefficient (Wildman–Crippen LogP) is 2.04. The van der Waals surface area contributed by atoms with E-state index in [4.69, 9.17) is 4.74 Å². The average molecular weight is 329 g/mol. The molecule has 2 aromatic rings. The van der Waals surface area contributed by atoms with Crippen molar-refractivity contribution in [3.05, 3.63) is 57.5 Å². The summed E-state index contributed by atoms with van der Waals surface area (Å²) >= 11 is 0. The Balaban J connectivity index is 2.10. The van der Waals surface area contributed by atoms with Crippen molar-refractivity contribution in [1.29, 1.82) is 0 Å². The molecule has 0 bridgehead atoms. The number of nitro benzene ring substituents is 1. The Kier molecular flexibility index (Phi) is 3.98. The number of aromatic nitrogens is 3. The molecule has 9 nitrogen and oxygen atoms in total. The number of benzene rings is 1. The molecule has 0 saturated heterocycles. The summed E-state index contributed by atoms with van der Waals surface area (Å²) in [5, 5.41) is 18.0. The van der Waals surface area contributed by atoms with Gasteiger partial charge in [0.1, 0.15) is 12.4 Å². The quantitative estimate of drug-likeness (QED) is 0.519. The van der Waals surface area contributed by atoms with Gasteiger partial charge < -0.3 is 10.1 Å². The Labute approximate surface area is 137 Å². The Bertz CT molecular complexity index is 825. The Morgan fingerprint density at radius 2 is 2.12 bits per heavy atom. The third kappa shape index (κ3) is 2.60. The van der Waals surface area contributed by atoms with Gasteiger partial charge in [0.05, 0.1) is 17.1 Å². The van der Waals surface area contributed by atoms with Crippen LogP contribution in [-0.4, -0.2) is 32.3 Å². The van der Waals surface area contributed by atoms with Crippen LogP contribution in [0.3, 0.4) is 0 Å². The number of carbonyl (C=O) groups is 1. The van der Waals surface area contributed by atoms with Crippen molar-refractivity contribution in [1.82, 2.24) is 14.8 Å². The molecule has 24 heavy (non-hydrogen) atoms. The molecule has 1 unspecified atom stereocenters. The highest BCUT2D eigenvalue weighted by molar-refractivity contribution is 5.92. The number of allylic oxidation sites excluding steroid dienone is 1. The maximum Gasteiger partial charge on any atom is 0.338 e. The van der Waals surface area contributed by atoms with Gasteiger partial charge in [-0.15, -0.1) is 0 Å². The molecule has 124 valence electrons. The second kappa shape index (κ2) is 6.11. The second-order valence-corrected chi connectivity index (χ2v) is 5.16. The topological polar surface area (TPSA) is 112 Å². The van der Waals surface area contributed by atoms with Crippen molar-refractivity contribution < 1.29 is 14.5 Å². The van der Waals surface area contributed by atoms with E-state index in [1.165, 1.54) is 18.5 Å². The van der Waals surface area contributed by atoms with Crippen LogP contribution in [0.25, 0.3) is 0 Å². The van der Waals surface area contributed by atoms with Gasteiger partial charge in [0.15, 0.2) is 0 Å². The van der Waals surface area contributed by atoms with E-state index >= 15 is 0 Å². The van der Waals surface area contributed by atoms with Gasteiger partial charge in [-0.3, -0.25) is 10.1 Å². The van der Waals surface area contributed by atoms with Crippen LogP contribution in [0.4, 0.5) is 11.6 Å². The maximum absolute atomic E-state index is 12.4. The van der Waals surface area contributed by atoms with Crippen LogP contribution in [0, 0.1) is 10.1 Å². The van der Waals surface area contributed by atoms with E-state index in [2.05, 4.69) is 15.4 Å². The molecular formula is C15H15N5O4. The number of non-ortho nitro benzene ring substituents is 1. The highest BCUT2D eigenvalue weighted by Gasteiger charge is 2.34. The van der Waals surface area contributed by atoms with E-state index in [0.717, 1.165) is 0 Å². The first-order valence-electron chi connectivity index (χ1n) is 7.31. The number of hydrogen-bond donors (Lipinski definition) is 1. The van der Waals surface area contributed by atoms with Crippen LogP contribution in [0.5, 0.6) is 0 Å². The van der Waals surface area contributed by atoms with Crippen LogP contribution < -0.4 is 5.32 Å². The van der Waals surface area contributed by atoms with Gasteiger partial charge in [-0.05, 0) is 31.5 Å². The molecule has 1 aromatic heterocycles. The van der Waals surface area contributed by atoms with E-state index in [9.17, 15) is 14.9 Å². The zero-order valence-corrected chi connectivity index (χ0v) is 13.1. The molecule has 1 aliphatic rings. The zero-order chi connectivity index (χ0) is 17.3. The normalized spacial score (nSPS) is 16.3. The van der Waals surface area contributed by atoms with Gasteiger partial charge in [-0.2, -0.15) is 10.1 Å². The fraction of sp³-hybridized carbons (Fsp3) is 0.267. The molecular weight excluding hydrogens is 314 g/mol. The third-order valence-corrected chi connectivity index (χ3v) is 3.71. The summed E-state index contributed by atoms with van der Waals surface area (Å²) in [7, 11) is 0. The van der Waals surface area contributed by atoms with Gasteiger partial charge in [-0.1, -0.05) is 0 Å². The molecule has 1 aliphatic heterocycles. The van der Waals surface area contributed by atoms with Crippen LogP contribution in [0.2, 0.25) is 0 Å². The van der Waals surface area contributed by atoms with Crippen molar-refractivity contribution in [2.45, 2.75) is 19.9 Å². The Morgan fingerprint density at radius 1 is 1.42 bits per heavy atom. The largest absolute Gasteiger partial charge is 0.463 e. The molecule has 0 amide bonds. The summed E-state index contributed by atoms with van der Waals surface area (Å²) in [5.74, 6) is 0.0240. The van der Waals surface area contributed by atoms with Crippen molar-refractivity contribution in [2.75, 3.05) is 11.9 Å². The molecule has 1 N–H and O–H groups in total. The number of nitro groups is 1. The van der Waals surface area contributed by atoms with Crippen LogP contribution in [0.1, 0.15) is 25.5 Å². The van der Waals surface area contributed by atoms with Crippen LogP contribution in [0.15, 0.2) is 41.9 Å². The van der Waals surface area contributed by atoms with Gasteiger partial charge in [0, 0.05) is 17.8 Å². The lowest BCUT2D eigenvalue weighted by Gasteiger charge is -2.28. The zero-order valence-electron chi connectivity index (χ0n) is 13.1. The second-order valence-electron chi connectivity index (χ2n) is 5.16. The molecule has 0 radical (unpaired) electrons. The summed E-state index contributed by atoms with van der Waals surface area (Å²) in [5.41, 5.74) is 1.65. The number of fused-ring (bicyclic) bond motifs is 1. The summed E-state index contributed by atoms with van der Waals surface area (Å²) in [6, 6.07) is 5.43. The lowest BCUT2D eigenvalue weighted by atomic mass is 9.95. The van der Waals surface area contributed by atoms with E-state index in [1.54, 1.807) is 30.7 Å². The smallest absolute Gasteiger partial charge is 0.338 e. The number of nitrogens with zero attached hydrogens (tertiary/aromatic N) is 4. The van der Waals surface area contributed by atoms with E-state index in [-0.39, 0.29) is 12.3 Å². The molecule has 1 aromatic carbocycles. The number of nitrogens with one attached hydrogen (secondary N) is 1. The van der Waals surface area contributed by atoms with Crippen molar-refractivity contribution >= 4 is 17.6 Å². The third-order valence-electron chi connectivity index (χ3n) is 3.71. The van der Waals surface area contributed by atoms with Gasteiger partial charge >= 0.3 is 5.97 Å². The number of esters is 1. The van der Waals surface area contributed by atoms with E-state index < -0.39 is 16.9 Å². The SMILES string of the molecule is CCOC(=O)C1=C(C)Nc2ncnn2C1c1ccc([N+](=O)[O-])cc1. The Hall–Kier alpha value is -3.23. The van der Waals surface area contributed by atoms with Gasteiger partial charge in [0.25, 0.3) is 5.69 Å². The van der Waals surface area contributed by atoms with Gasteiger partial charge in [0.2, 0.25) is 5.95 Å². The fourth-order valence-corrected chi connectivity index (χ4v) is 2.65. The van der Waals surface area contributed by atoms with Crippen molar-refractivity contribution in [3.8, 4) is 0 Å².